The molecule has 0 aliphatic rings. The number of rotatable bonds is 4. The summed E-state index contributed by atoms with van der Waals surface area (Å²) in [7, 11) is 0. The lowest BCUT2D eigenvalue weighted by molar-refractivity contribution is 0.465. The lowest BCUT2D eigenvalue weighted by atomic mass is 10.0. The number of aromatic nitrogens is 2. The topological polar surface area (TPSA) is 69.1 Å². The summed E-state index contributed by atoms with van der Waals surface area (Å²) in [5.41, 5.74) is 3.86. The minimum Gasteiger partial charge on any atom is -0.423 e. The van der Waals surface area contributed by atoms with E-state index in [1.165, 1.54) is 30.0 Å². The summed E-state index contributed by atoms with van der Waals surface area (Å²) in [6.07, 6.45) is 0. The van der Waals surface area contributed by atoms with Gasteiger partial charge in [0.25, 0.3) is 5.22 Å². The molecule has 2 aromatic heterocycles. The Kier molecular flexibility index (Phi) is 4.53. The Labute approximate surface area is 158 Å². The Bertz CT molecular complexity index is 1180. The zero-order valence-corrected chi connectivity index (χ0v) is 15.5. The molecule has 0 fully saturated rings. The molecule has 0 amide bonds. The van der Waals surface area contributed by atoms with Crippen molar-refractivity contribution in [2.24, 2.45) is 0 Å². The Morgan fingerprint density at radius 3 is 2.52 bits per heavy atom. The largest absolute Gasteiger partial charge is 0.423 e. The highest BCUT2D eigenvalue weighted by atomic mass is 32.2. The van der Waals surface area contributed by atoms with Crippen LogP contribution in [0.15, 0.2) is 61.3 Å². The van der Waals surface area contributed by atoms with Crippen molar-refractivity contribution < 1.29 is 13.2 Å². The number of thioether (sulfide) groups is 1. The highest BCUT2D eigenvalue weighted by Gasteiger charge is 2.12. The van der Waals surface area contributed by atoms with E-state index in [4.69, 9.17) is 8.83 Å². The van der Waals surface area contributed by atoms with Gasteiger partial charge in [-0.25, -0.2) is 9.18 Å². The molecule has 4 aromatic rings. The van der Waals surface area contributed by atoms with Crippen molar-refractivity contribution in [3.63, 3.8) is 0 Å². The van der Waals surface area contributed by atoms with E-state index in [1.54, 1.807) is 12.1 Å². The predicted molar refractivity (Wildman–Crippen MR) is 101 cm³/mol. The van der Waals surface area contributed by atoms with Gasteiger partial charge >= 0.3 is 5.63 Å². The van der Waals surface area contributed by atoms with Gasteiger partial charge in [0.2, 0.25) is 5.89 Å². The van der Waals surface area contributed by atoms with E-state index in [1.807, 2.05) is 26.0 Å². The number of benzene rings is 2. The quantitative estimate of drug-likeness (QED) is 0.370. The molecule has 7 heteroatoms. The van der Waals surface area contributed by atoms with Crippen molar-refractivity contribution in [2.45, 2.75) is 24.8 Å². The summed E-state index contributed by atoms with van der Waals surface area (Å²) < 4.78 is 24.0. The van der Waals surface area contributed by atoms with Crippen LogP contribution in [0, 0.1) is 19.7 Å². The van der Waals surface area contributed by atoms with E-state index >= 15 is 0 Å². The van der Waals surface area contributed by atoms with Crippen LogP contribution >= 0.6 is 11.8 Å². The molecule has 0 spiro atoms. The minimum atomic E-state index is -0.390. The molecule has 0 saturated carbocycles. The monoisotopic (exact) mass is 382 g/mol. The molecular formula is C20H15FN2O3S. The number of fused-ring (bicyclic) bond motifs is 1. The van der Waals surface area contributed by atoms with Gasteiger partial charge in [-0.2, -0.15) is 0 Å². The second kappa shape index (κ2) is 7.00. The fraction of sp³-hybridized carbons (Fsp3) is 0.150. The van der Waals surface area contributed by atoms with Crippen LogP contribution < -0.4 is 5.63 Å². The van der Waals surface area contributed by atoms with Crippen LogP contribution in [0.25, 0.3) is 22.4 Å². The molecule has 0 bridgehead atoms. The maximum Gasteiger partial charge on any atom is 0.336 e. The van der Waals surface area contributed by atoms with Gasteiger partial charge in [0.05, 0.1) is 0 Å². The maximum atomic E-state index is 13.0. The fourth-order valence-electron chi connectivity index (χ4n) is 2.72. The molecule has 2 aromatic carbocycles. The molecule has 0 aliphatic carbocycles. The van der Waals surface area contributed by atoms with E-state index in [-0.39, 0.29) is 11.4 Å². The summed E-state index contributed by atoms with van der Waals surface area (Å²) in [6, 6.07) is 11.2. The van der Waals surface area contributed by atoms with Gasteiger partial charge in [-0.1, -0.05) is 11.8 Å². The number of hydrogen-bond donors (Lipinski definition) is 0. The van der Waals surface area contributed by atoms with Gasteiger partial charge in [0, 0.05) is 22.8 Å². The standard InChI is InChI=1S/C20H15FN2O3S/c1-11-7-16-14(9-18(24)25-17(16)8-12(11)2)10-27-20-23-22-19(26-20)13-3-5-15(21)6-4-13/h3-9H,10H2,1-2H3. The second-order valence-electron chi connectivity index (χ2n) is 6.19. The molecule has 0 aliphatic heterocycles. The first-order valence-electron chi connectivity index (χ1n) is 8.26. The van der Waals surface area contributed by atoms with Crippen molar-refractivity contribution in [1.82, 2.24) is 10.2 Å². The summed E-state index contributed by atoms with van der Waals surface area (Å²) in [5, 5.41) is 9.28. The molecule has 0 radical (unpaired) electrons. The smallest absolute Gasteiger partial charge is 0.336 e. The molecule has 27 heavy (non-hydrogen) atoms. The normalized spacial score (nSPS) is 11.2. The molecular weight excluding hydrogens is 367 g/mol. The second-order valence-corrected chi connectivity index (χ2v) is 7.12. The van der Waals surface area contributed by atoms with Crippen LogP contribution in [0.2, 0.25) is 0 Å². The first-order chi connectivity index (χ1) is 13.0. The first kappa shape index (κ1) is 17.5. The van der Waals surface area contributed by atoms with E-state index in [9.17, 15) is 9.18 Å². The highest BCUT2D eigenvalue weighted by Crippen LogP contribution is 2.29. The van der Waals surface area contributed by atoms with Gasteiger partial charge in [0.1, 0.15) is 11.4 Å². The fourth-order valence-corrected chi connectivity index (χ4v) is 3.47. The Hall–Kier alpha value is -2.93. The van der Waals surface area contributed by atoms with Gasteiger partial charge in [0.15, 0.2) is 0 Å². The number of nitrogens with zero attached hydrogens (tertiary/aromatic N) is 2. The van der Waals surface area contributed by atoms with Gasteiger partial charge in [-0.15, -0.1) is 10.2 Å². The number of aryl methyl sites for hydroxylation is 2. The third kappa shape index (κ3) is 3.64. The average molecular weight is 382 g/mol. The van der Waals surface area contributed by atoms with Crippen molar-refractivity contribution in [3.05, 3.63) is 75.4 Å². The third-order valence-corrected chi connectivity index (χ3v) is 5.16. The Morgan fingerprint density at radius 1 is 1.00 bits per heavy atom. The van der Waals surface area contributed by atoms with Crippen LogP contribution in [-0.2, 0) is 5.75 Å². The van der Waals surface area contributed by atoms with Crippen LogP contribution in [0.4, 0.5) is 4.39 Å². The van der Waals surface area contributed by atoms with Gasteiger partial charge in [-0.05, 0) is 66.9 Å². The first-order valence-corrected chi connectivity index (χ1v) is 9.24. The van der Waals surface area contributed by atoms with Crippen molar-refractivity contribution >= 4 is 22.7 Å². The summed E-state index contributed by atoms with van der Waals surface area (Å²) in [4.78, 5) is 11.9. The van der Waals surface area contributed by atoms with E-state index < -0.39 is 0 Å². The summed E-state index contributed by atoms with van der Waals surface area (Å²) >= 11 is 1.33. The molecule has 2 heterocycles. The molecule has 0 N–H and O–H groups in total. The van der Waals surface area contributed by atoms with Crippen LogP contribution in [-0.4, -0.2) is 10.2 Å². The third-order valence-electron chi connectivity index (χ3n) is 4.29. The van der Waals surface area contributed by atoms with Crippen LogP contribution in [0.5, 0.6) is 0 Å². The zero-order valence-electron chi connectivity index (χ0n) is 14.7. The lowest BCUT2D eigenvalue weighted by Gasteiger charge is -2.07. The molecule has 0 atom stereocenters. The maximum absolute atomic E-state index is 13.0. The highest BCUT2D eigenvalue weighted by molar-refractivity contribution is 7.98. The van der Waals surface area contributed by atoms with Crippen LogP contribution in [0.1, 0.15) is 16.7 Å². The minimum absolute atomic E-state index is 0.321. The van der Waals surface area contributed by atoms with Crippen molar-refractivity contribution in [1.29, 1.82) is 0 Å². The van der Waals surface area contributed by atoms with Crippen molar-refractivity contribution in [2.75, 3.05) is 0 Å². The van der Waals surface area contributed by atoms with E-state index in [0.717, 1.165) is 22.1 Å². The van der Waals surface area contributed by atoms with Gasteiger partial charge in [-0.3, -0.25) is 0 Å². The number of halogens is 1. The molecule has 5 nitrogen and oxygen atoms in total. The van der Waals surface area contributed by atoms with E-state index in [0.29, 0.717) is 28.0 Å². The molecule has 0 saturated heterocycles. The average Bonchev–Trinajstić information content (AvgIpc) is 3.11. The van der Waals surface area contributed by atoms with E-state index in [2.05, 4.69) is 10.2 Å². The molecule has 136 valence electrons. The molecule has 4 rings (SSSR count). The predicted octanol–water partition coefficient (Wildman–Crippen LogP) is 4.89. The summed E-state index contributed by atoms with van der Waals surface area (Å²) in [5.74, 6) is 0.477. The van der Waals surface area contributed by atoms with Crippen molar-refractivity contribution in [3.8, 4) is 11.5 Å². The Morgan fingerprint density at radius 2 is 1.74 bits per heavy atom. The number of hydrogen-bond acceptors (Lipinski definition) is 6. The Balaban J connectivity index is 1.60. The van der Waals surface area contributed by atoms with Gasteiger partial charge < -0.3 is 8.83 Å². The van der Waals surface area contributed by atoms with Crippen LogP contribution in [0.3, 0.4) is 0 Å². The lowest BCUT2D eigenvalue weighted by Crippen LogP contribution is -2.00. The summed E-state index contributed by atoms with van der Waals surface area (Å²) in [6.45, 7) is 4.00. The zero-order chi connectivity index (χ0) is 19.0. The SMILES string of the molecule is Cc1cc2oc(=O)cc(CSc3nnc(-c4ccc(F)cc4)o3)c2cc1C. The molecule has 0 unspecified atom stereocenters.